The molecule has 0 aromatic heterocycles. The largest absolute Gasteiger partial charge is 0.396 e. The van der Waals surface area contributed by atoms with Gasteiger partial charge in [-0.1, -0.05) is 25.1 Å². The fraction of sp³-hybridized carbons (Fsp3) is 0.133. The van der Waals surface area contributed by atoms with Crippen molar-refractivity contribution >= 4 is 33.2 Å². The first-order valence-corrected chi connectivity index (χ1v) is 6.96. The maximum atomic E-state index is 13.3. The lowest BCUT2D eigenvalue weighted by Gasteiger charge is -2.11. The Balaban J connectivity index is 2.31. The van der Waals surface area contributed by atoms with Gasteiger partial charge in [-0.05, 0) is 46.1 Å². The number of hydrogen-bond donors (Lipinski definition) is 2. The van der Waals surface area contributed by atoms with E-state index in [-0.39, 0.29) is 11.6 Å². The first kappa shape index (κ1) is 14.5. The summed E-state index contributed by atoms with van der Waals surface area (Å²) in [5, 5.41) is 2.82. The Morgan fingerprint density at radius 1 is 1.35 bits per heavy atom. The Labute approximate surface area is 125 Å². The van der Waals surface area contributed by atoms with Crippen LogP contribution in [0.4, 0.5) is 15.8 Å². The molecule has 0 fully saturated rings. The van der Waals surface area contributed by atoms with Crippen LogP contribution in [0.1, 0.15) is 22.8 Å². The Hall–Kier alpha value is -1.88. The van der Waals surface area contributed by atoms with Crippen LogP contribution in [0.5, 0.6) is 0 Å². The lowest BCUT2D eigenvalue weighted by molar-refractivity contribution is 0.102. The van der Waals surface area contributed by atoms with Crippen LogP contribution in [0.3, 0.4) is 0 Å². The van der Waals surface area contributed by atoms with Gasteiger partial charge in [-0.2, -0.15) is 0 Å². The highest BCUT2D eigenvalue weighted by Gasteiger charge is 2.14. The van der Waals surface area contributed by atoms with Crippen LogP contribution in [0.15, 0.2) is 40.9 Å². The molecule has 0 unspecified atom stereocenters. The average molecular weight is 337 g/mol. The maximum Gasteiger partial charge on any atom is 0.256 e. The van der Waals surface area contributed by atoms with E-state index in [1.807, 2.05) is 31.2 Å². The van der Waals surface area contributed by atoms with Gasteiger partial charge in [-0.3, -0.25) is 4.79 Å². The van der Waals surface area contributed by atoms with Gasteiger partial charge in [0, 0.05) is 10.2 Å². The molecule has 1 amide bonds. The number of nitrogens with two attached hydrogens (primary N) is 1. The first-order valence-electron chi connectivity index (χ1n) is 6.16. The fourth-order valence-corrected chi connectivity index (χ4v) is 2.38. The minimum atomic E-state index is -0.553. The van der Waals surface area contributed by atoms with Crippen molar-refractivity contribution < 1.29 is 9.18 Å². The van der Waals surface area contributed by atoms with Crippen molar-refractivity contribution in [3.63, 3.8) is 0 Å². The maximum absolute atomic E-state index is 13.3. The number of aryl methyl sites for hydroxylation is 1. The third-order valence-corrected chi connectivity index (χ3v) is 3.63. The zero-order valence-corrected chi connectivity index (χ0v) is 12.5. The third kappa shape index (κ3) is 2.99. The van der Waals surface area contributed by atoms with Crippen molar-refractivity contribution in [2.75, 3.05) is 11.1 Å². The molecule has 0 spiro atoms. The van der Waals surface area contributed by atoms with Crippen molar-refractivity contribution in [1.29, 1.82) is 0 Å². The number of para-hydroxylation sites is 1. The first-order chi connectivity index (χ1) is 9.52. The molecule has 3 nitrogen and oxygen atoms in total. The molecule has 5 heteroatoms. The van der Waals surface area contributed by atoms with Crippen LogP contribution in [-0.2, 0) is 6.42 Å². The molecule has 0 aliphatic heterocycles. The minimum absolute atomic E-state index is 0.0536. The van der Waals surface area contributed by atoms with Crippen LogP contribution in [0, 0.1) is 5.82 Å². The quantitative estimate of drug-likeness (QED) is 0.832. The summed E-state index contributed by atoms with van der Waals surface area (Å²) >= 11 is 3.17. The summed E-state index contributed by atoms with van der Waals surface area (Å²) in [6.07, 6.45) is 0.809. The van der Waals surface area contributed by atoms with Gasteiger partial charge in [0.25, 0.3) is 5.91 Å². The Morgan fingerprint density at radius 2 is 2.05 bits per heavy atom. The SMILES string of the molecule is CCc1ccccc1NC(=O)c1cc(N)c(F)cc1Br. The highest BCUT2D eigenvalue weighted by Crippen LogP contribution is 2.24. The topological polar surface area (TPSA) is 55.1 Å². The number of rotatable bonds is 3. The molecule has 0 saturated carbocycles. The number of amides is 1. The lowest BCUT2D eigenvalue weighted by Crippen LogP contribution is -2.14. The highest BCUT2D eigenvalue weighted by atomic mass is 79.9. The predicted octanol–water partition coefficient (Wildman–Crippen LogP) is 3.99. The van der Waals surface area contributed by atoms with Gasteiger partial charge in [0.15, 0.2) is 0 Å². The molecular weight excluding hydrogens is 323 g/mol. The van der Waals surface area contributed by atoms with Gasteiger partial charge in [0.2, 0.25) is 0 Å². The normalized spacial score (nSPS) is 10.3. The van der Waals surface area contributed by atoms with Crippen LogP contribution in [0.2, 0.25) is 0 Å². The Bertz CT molecular complexity index is 658. The van der Waals surface area contributed by atoms with E-state index in [0.29, 0.717) is 10.0 Å². The van der Waals surface area contributed by atoms with Gasteiger partial charge < -0.3 is 11.1 Å². The molecule has 0 bridgehead atoms. The number of anilines is 2. The summed E-state index contributed by atoms with van der Waals surface area (Å²) < 4.78 is 13.7. The van der Waals surface area contributed by atoms with E-state index >= 15 is 0 Å². The van der Waals surface area contributed by atoms with E-state index in [4.69, 9.17) is 5.73 Å². The summed E-state index contributed by atoms with van der Waals surface area (Å²) in [4.78, 5) is 12.2. The summed E-state index contributed by atoms with van der Waals surface area (Å²) in [6, 6.07) is 10.1. The van der Waals surface area contributed by atoms with Crippen LogP contribution < -0.4 is 11.1 Å². The summed E-state index contributed by atoms with van der Waals surface area (Å²) in [6.45, 7) is 2.01. The standard InChI is InChI=1S/C15H14BrFN2O/c1-2-9-5-3-4-6-14(9)19-15(20)10-7-13(18)12(17)8-11(10)16/h3-8H,2,18H2,1H3,(H,19,20). The predicted molar refractivity (Wildman–Crippen MR) is 82.3 cm³/mol. The molecule has 2 aromatic rings. The smallest absolute Gasteiger partial charge is 0.256 e. The molecule has 104 valence electrons. The van der Waals surface area contributed by atoms with Gasteiger partial charge in [0.1, 0.15) is 5.82 Å². The summed E-state index contributed by atoms with van der Waals surface area (Å²) in [5.74, 6) is -0.883. The molecule has 20 heavy (non-hydrogen) atoms. The molecule has 0 saturated heterocycles. The molecule has 0 atom stereocenters. The minimum Gasteiger partial charge on any atom is -0.396 e. The molecule has 0 radical (unpaired) electrons. The molecule has 0 aliphatic carbocycles. The molecule has 2 rings (SSSR count). The van der Waals surface area contributed by atoms with Gasteiger partial charge in [-0.15, -0.1) is 0 Å². The number of hydrogen-bond acceptors (Lipinski definition) is 2. The molecule has 0 heterocycles. The fourth-order valence-electron chi connectivity index (χ4n) is 1.88. The number of carbonyl (C=O) groups excluding carboxylic acids is 1. The van der Waals surface area contributed by atoms with E-state index in [1.54, 1.807) is 0 Å². The van der Waals surface area contributed by atoms with Gasteiger partial charge in [0.05, 0.1) is 11.3 Å². The number of carbonyl (C=O) groups is 1. The average Bonchev–Trinajstić information content (AvgIpc) is 2.43. The summed E-state index contributed by atoms with van der Waals surface area (Å²) in [5.41, 5.74) is 7.53. The third-order valence-electron chi connectivity index (χ3n) is 2.98. The number of benzene rings is 2. The van der Waals surface area contributed by atoms with E-state index < -0.39 is 5.82 Å². The van der Waals surface area contributed by atoms with Crippen molar-refractivity contribution in [2.45, 2.75) is 13.3 Å². The number of halogens is 2. The Kier molecular flexibility index (Phi) is 4.39. The van der Waals surface area contributed by atoms with E-state index in [2.05, 4.69) is 21.2 Å². The van der Waals surface area contributed by atoms with Crippen LogP contribution >= 0.6 is 15.9 Å². The molecule has 2 aromatic carbocycles. The van der Waals surface area contributed by atoms with Crippen molar-refractivity contribution in [3.05, 3.63) is 57.8 Å². The molecular formula is C15H14BrFN2O. The summed E-state index contributed by atoms with van der Waals surface area (Å²) in [7, 11) is 0. The van der Waals surface area contributed by atoms with Crippen molar-refractivity contribution in [2.24, 2.45) is 0 Å². The van der Waals surface area contributed by atoms with Gasteiger partial charge in [-0.25, -0.2) is 4.39 Å². The van der Waals surface area contributed by atoms with Crippen LogP contribution in [0.25, 0.3) is 0 Å². The van der Waals surface area contributed by atoms with E-state index in [9.17, 15) is 9.18 Å². The Morgan fingerprint density at radius 3 is 2.75 bits per heavy atom. The van der Waals surface area contributed by atoms with Crippen molar-refractivity contribution in [3.8, 4) is 0 Å². The molecule has 3 N–H and O–H groups in total. The number of nitrogen functional groups attached to an aromatic ring is 1. The second-order valence-corrected chi connectivity index (χ2v) is 5.17. The van der Waals surface area contributed by atoms with E-state index in [0.717, 1.165) is 17.7 Å². The van der Waals surface area contributed by atoms with Crippen molar-refractivity contribution in [1.82, 2.24) is 0 Å². The van der Waals surface area contributed by atoms with E-state index in [1.165, 1.54) is 12.1 Å². The lowest BCUT2D eigenvalue weighted by atomic mass is 10.1. The number of nitrogens with one attached hydrogen (secondary N) is 1. The second kappa shape index (κ2) is 6.05. The molecule has 0 aliphatic rings. The monoisotopic (exact) mass is 336 g/mol. The van der Waals surface area contributed by atoms with Gasteiger partial charge >= 0.3 is 0 Å². The zero-order chi connectivity index (χ0) is 14.7. The zero-order valence-electron chi connectivity index (χ0n) is 10.9. The highest BCUT2D eigenvalue weighted by molar-refractivity contribution is 9.10. The second-order valence-electron chi connectivity index (χ2n) is 4.32. The van der Waals surface area contributed by atoms with Crippen LogP contribution in [-0.4, -0.2) is 5.91 Å².